The molecule has 124 valence electrons. The summed E-state index contributed by atoms with van der Waals surface area (Å²) in [4.78, 5) is 12.0. The third-order valence-corrected chi connectivity index (χ3v) is 3.51. The van der Waals surface area contributed by atoms with E-state index in [9.17, 15) is 23.1 Å². The van der Waals surface area contributed by atoms with Crippen molar-refractivity contribution in [3.8, 4) is 0 Å². The molecule has 0 aliphatic heterocycles. The van der Waals surface area contributed by atoms with Gasteiger partial charge in [-0.05, 0) is 25.5 Å². The van der Waals surface area contributed by atoms with Crippen LogP contribution in [0.2, 0.25) is 0 Å². The predicted octanol–water partition coefficient (Wildman–Crippen LogP) is 3.08. The van der Waals surface area contributed by atoms with E-state index in [0.717, 1.165) is 12.1 Å². The summed E-state index contributed by atoms with van der Waals surface area (Å²) in [5.41, 5.74) is -3.37. The lowest BCUT2D eigenvalue weighted by atomic mass is 9.93. The van der Waals surface area contributed by atoms with Crippen molar-refractivity contribution in [1.29, 1.82) is 0 Å². The molecular formula is C16H16F3NO3. The summed E-state index contributed by atoms with van der Waals surface area (Å²) in [5, 5.41) is 12.3. The Bertz CT molecular complexity index is 694. The summed E-state index contributed by atoms with van der Waals surface area (Å²) in [5.74, 6) is 0.0370. The summed E-state index contributed by atoms with van der Waals surface area (Å²) in [6.45, 7) is 2.16. The number of furan rings is 1. The monoisotopic (exact) mass is 327 g/mol. The molecule has 1 unspecified atom stereocenters. The predicted molar refractivity (Wildman–Crippen MR) is 76.9 cm³/mol. The number of aryl methyl sites for hydroxylation is 2. The zero-order valence-corrected chi connectivity index (χ0v) is 12.6. The minimum absolute atomic E-state index is 0.139. The number of nitrogens with one attached hydrogen (secondary N) is 1. The van der Waals surface area contributed by atoms with Gasteiger partial charge in [-0.15, -0.1) is 0 Å². The highest BCUT2D eigenvalue weighted by atomic mass is 19.4. The van der Waals surface area contributed by atoms with E-state index in [1.807, 2.05) is 0 Å². The van der Waals surface area contributed by atoms with Crippen LogP contribution in [0.1, 0.15) is 27.4 Å². The highest BCUT2D eigenvalue weighted by molar-refractivity contribution is 5.95. The second-order valence-electron chi connectivity index (χ2n) is 5.23. The van der Waals surface area contributed by atoms with E-state index in [1.165, 1.54) is 31.2 Å². The Labute approximate surface area is 130 Å². The Morgan fingerprint density at radius 1 is 1.22 bits per heavy atom. The van der Waals surface area contributed by atoms with Crippen LogP contribution in [0.15, 0.2) is 40.8 Å². The Hall–Kier alpha value is -2.28. The molecule has 7 heteroatoms. The van der Waals surface area contributed by atoms with Crippen LogP contribution in [-0.4, -0.2) is 23.7 Å². The molecule has 1 aromatic heterocycles. The number of hydrogen-bond acceptors (Lipinski definition) is 3. The Balaban J connectivity index is 2.23. The van der Waals surface area contributed by atoms with Gasteiger partial charge in [0, 0.05) is 0 Å². The fourth-order valence-corrected chi connectivity index (χ4v) is 2.24. The third kappa shape index (κ3) is 3.39. The van der Waals surface area contributed by atoms with E-state index in [0.29, 0.717) is 11.5 Å². The SMILES string of the molecule is Cc1cc(C(=O)NCC(O)(c2ccccc2)C(F)(F)F)c(C)o1. The molecule has 0 fully saturated rings. The smallest absolute Gasteiger partial charge is 0.423 e. The number of benzene rings is 1. The van der Waals surface area contributed by atoms with Gasteiger partial charge in [-0.2, -0.15) is 13.2 Å². The Kier molecular flexibility index (Phi) is 4.51. The van der Waals surface area contributed by atoms with Gasteiger partial charge in [0.2, 0.25) is 5.60 Å². The molecule has 0 radical (unpaired) electrons. The van der Waals surface area contributed by atoms with Crippen LogP contribution < -0.4 is 5.32 Å². The van der Waals surface area contributed by atoms with Gasteiger partial charge < -0.3 is 14.8 Å². The minimum Gasteiger partial charge on any atom is -0.466 e. The molecule has 0 aliphatic carbocycles. The first-order valence-electron chi connectivity index (χ1n) is 6.85. The minimum atomic E-state index is -4.94. The van der Waals surface area contributed by atoms with E-state index in [4.69, 9.17) is 4.42 Å². The zero-order chi connectivity index (χ0) is 17.3. The third-order valence-electron chi connectivity index (χ3n) is 3.51. The molecule has 0 bridgehead atoms. The van der Waals surface area contributed by atoms with Crippen molar-refractivity contribution in [3.05, 3.63) is 59.0 Å². The molecule has 23 heavy (non-hydrogen) atoms. The largest absolute Gasteiger partial charge is 0.466 e. The number of rotatable bonds is 4. The maximum Gasteiger partial charge on any atom is 0.423 e. The Morgan fingerprint density at radius 3 is 2.30 bits per heavy atom. The van der Waals surface area contributed by atoms with Crippen molar-refractivity contribution in [3.63, 3.8) is 0 Å². The lowest BCUT2D eigenvalue weighted by Gasteiger charge is -2.31. The van der Waals surface area contributed by atoms with E-state index < -0.39 is 24.2 Å². The van der Waals surface area contributed by atoms with Crippen molar-refractivity contribution in [2.45, 2.75) is 25.6 Å². The Morgan fingerprint density at radius 2 is 1.83 bits per heavy atom. The molecule has 0 saturated heterocycles. The van der Waals surface area contributed by atoms with Crippen LogP contribution in [0.5, 0.6) is 0 Å². The number of aliphatic hydroxyl groups is 1. The van der Waals surface area contributed by atoms with Gasteiger partial charge in [-0.1, -0.05) is 30.3 Å². The molecular weight excluding hydrogens is 311 g/mol. The molecule has 0 saturated carbocycles. The standard InChI is InChI=1S/C16H16F3NO3/c1-10-8-13(11(2)23-10)14(21)20-9-15(22,16(17,18)19)12-6-4-3-5-7-12/h3-8,22H,9H2,1-2H3,(H,20,21). The molecule has 2 N–H and O–H groups in total. The van der Waals surface area contributed by atoms with Crippen LogP contribution >= 0.6 is 0 Å². The molecule has 2 aromatic rings. The average Bonchev–Trinajstić information content (AvgIpc) is 2.83. The lowest BCUT2D eigenvalue weighted by molar-refractivity contribution is -0.263. The summed E-state index contributed by atoms with van der Waals surface area (Å²) in [6.07, 6.45) is -4.94. The molecule has 1 atom stereocenters. The number of carbonyl (C=O) groups is 1. The van der Waals surface area contributed by atoms with Gasteiger partial charge in [0.25, 0.3) is 5.91 Å². The van der Waals surface area contributed by atoms with Crippen molar-refractivity contribution in [1.82, 2.24) is 5.32 Å². The van der Waals surface area contributed by atoms with Gasteiger partial charge >= 0.3 is 6.18 Å². The lowest BCUT2D eigenvalue weighted by Crippen LogP contribution is -2.51. The van der Waals surface area contributed by atoms with Crippen molar-refractivity contribution in [2.75, 3.05) is 6.54 Å². The van der Waals surface area contributed by atoms with Crippen LogP contribution in [0, 0.1) is 13.8 Å². The topological polar surface area (TPSA) is 62.5 Å². The first-order chi connectivity index (χ1) is 10.6. The molecule has 1 amide bonds. The van der Waals surface area contributed by atoms with Crippen LogP contribution in [-0.2, 0) is 5.60 Å². The fraction of sp³-hybridized carbons (Fsp3) is 0.312. The van der Waals surface area contributed by atoms with Crippen LogP contribution in [0.3, 0.4) is 0 Å². The van der Waals surface area contributed by atoms with Gasteiger partial charge in [0.15, 0.2) is 0 Å². The number of amides is 1. The molecule has 0 aliphatic rings. The summed E-state index contributed by atoms with van der Waals surface area (Å²) < 4.78 is 45.1. The van der Waals surface area contributed by atoms with E-state index >= 15 is 0 Å². The van der Waals surface area contributed by atoms with Crippen molar-refractivity contribution < 1.29 is 27.5 Å². The summed E-state index contributed by atoms with van der Waals surface area (Å²) >= 11 is 0. The fourth-order valence-electron chi connectivity index (χ4n) is 2.24. The second-order valence-corrected chi connectivity index (χ2v) is 5.23. The molecule has 1 heterocycles. The molecule has 1 aromatic carbocycles. The normalized spacial score (nSPS) is 14.3. The zero-order valence-electron chi connectivity index (χ0n) is 12.6. The molecule has 0 spiro atoms. The van der Waals surface area contributed by atoms with Crippen molar-refractivity contribution >= 4 is 5.91 Å². The van der Waals surface area contributed by atoms with Crippen LogP contribution in [0.4, 0.5) is 13.2 Å². The van der Waals surface area contributed by atoms with Crippen LogP contribution in [0.25, 0.3) is 0 Å². The van der Waals surface area contributed by atoms with E-state index in [-0.39, 0.29) is 11.1 Å². The summed E-state index contributed by atoms with van der Waals surface area (Å²) in [6, 6.07) is 8.06. The maximum absolute atomic E-state index is 13.3. The quantitative estimate of drug-likeness (QED) is 0.907. The van der Waals surface area contributed by atoms with Gasteiger partial charge in [0.1, 0.15) is 11.5 Å². The summed E-state index contributed by atoms with van der Waals surface area (Å²) in [7, 11) is 0. The number of hydrogen-bond donors (Lipinski definition) is 2. The van der Waals surface area contributed by atoms with Gasteiger partial charge in [-0.25, -0.2) is 0 Å². The maximum atomic E-state index is 13.3. The number of carbonyl (C=O) groups excluding carboxylic acids is 1. The molecule has 2 rings (SSSR count). The number of halogens is 3. The number of alkyl halides is 3. The van der Waals surface area contributed by atoms with Gasteiger partial charge in [-0.3, -0.25) is 4.79 Å². The van der Waals surface area contributed by atoms with E-state index in [1.54, 1.807) is 6.92 Å². The highest BCUT2D eigenvalue weighted by Gasteiger charge is 2.55. The second kappa shape index (κ2) is 6.08. The first-order valence-corrected chi connectivity index (χ1v) is 6.85. The van der Waals surface area contributed by atoms with Gasteiger partial charge in [0.05, 0.1) is 12.1 Å². The van der Waals surface area contributed by atoms with E-state index in [2.05, 4.69) is 5.32 Å². The average molecular weight is 327 g/mol. The first kappa shape index (κ1) is 17.1. The highest BCUT2D eigenvalue weighted by Crippen LogP contribution is 2.38. The molecule has 4 nitrogen and oxygen atoms in total. The van der Waals surface area contributed by atoms with Crippen molar-refractivity contribution in [2.24, 2.45) is 0 Å².